The molecule has 27 heavy (non-hydrogen) atoms. The van der Waals surface area contributed by atoms with Gasteiger partial charge in [-0.15, -0.1) is 11.3 Å². The van der Waals surface area contributed by atoms with Gasteiger partial charge in [-0.2, -0.15) is 4.98 Å². The zero-order valence-electron chi connectivity index (χ0n) is 13.7. The number of aromatic nitrogens is 2. The van der Waals surface area contributed by atoms with Gasteiger partial charge in [0.1, 0.15) is 0 Å². The van der Waals surface area contributed by atoms with E-state index in [1.165, 1.54) is 29.5 Å². The van der Waals surface area contributed by atoms with Gasteiger partial charge < -0.3 is 15.2 Å². The molecule has 138 valence electrons. The van der Waals surface area contributed by atoms with E-state index in [4.69, 9.17) is 4.52 Å². The number of carbonyl (C=O) groups is 2. The molecule has 0 radical (unpaired) electrons. The number of hydrogen-bond acceptors (Lipinski definition) is 8. The Hall–Kier alpha value is -3.60. The topological polar surface area (TPSA) is 140 Å². The molecule has 0 fully saturated rings. The van der Waals surface area contributed by atoms with Gasteiger partial charge >= 0.3 is 11.8 Å². The summed E-state index contributed by atoms with van der Waals surface area (Å²) in [6.45, 7) is 0.402. The van der Waals surface area contributed by atoms with Gasteiger partial charge in [-0.05, 0) is 11.4 Å². The van der Waals surface area contributed by atoms with Crippen molar-refractivity contribution >= 4 is 28.8 Å². The predicted molar refractivity (Wildman–Crippen MR) is 95.4 cm³/mol. The number of thiophene rings is 1. The first kappa shape index (κ1) is 18.2. The molecule has 0 spiro atoms. The number of rotatable bonds is 7. The highest BCUT2D eigenvalue weighted by Gasteiger charge is 2.17. The Morgan fingerprint density at radius 3 is 2.63 bits per heavy atom. The lowest BCUT2D eigenvalue weighted by atomic mass is 10.2. The second-order valence-corrected chi connectivity index (χ2v) is 6.17. The Kier molecular flexibility index (Phi) is 5.52. The maximum atomic E-state index is 12.0. The van der Waals surface area contributed by atoms with E-state index < -0.39 is 10.8 Å². The minimum absolute atomic E-state index is 0.0647. The van der Waals surface area contributed by atoms with Gasteiger partial charge in [0.15, 0.2) is 0 Å². The van der Waals surface area contributed by atoms with E-state index in [9.17, 15) is 19.7 Å². The summed E-state index contributed by atoms with van der Waals surface area (Å²) in [6.07, 6.45) is 0. The maximum Gasteiger partial charge on any atom is 0.316 e. The molecule has 11 heteroatoms. The van der Waals surface area contributed by atoms with E-state index in [-0.39, 0.29) is 36.4 Å². The quantitative estimate of drug-likeness (QED) is 0.358. The highest BCUT2D eigenvalue weighted by Crippen LogP contribution is 2.21. The molecule has 3 rings (SSSR count). The molecule has 0 atom stereocenters. The Balaban J connectivity index is 1.53. The average Bonchev–Trinajstić information content (AvgIpc) is 3.37. The van der Waals surface area contributed by atoms with E-state index in [2.05, 4.69) is 20.8 Å². The van der Waals surface area contributed by atoms with Crippen LogP contribution in [0.2, 0.25) is 0 Å². The third-order valence-corrected chi connectivity index (χ3v) is 4.25. The lowest BCUT2D eigenvalue weighted by Gasteiger charge is -2.04. The minimum Gasteiger partial charge on any atom is -0.350 e. The number of nitro benzene ring substituents is 1. The Bertz CT molecular complexity index is 969. The first-order chi connectivity index (χ1) is 13.0. The summed E-state index contributed by atoms with van der Waals surface area (Å²) in [7, 11) is 0. The van der Waals surface area contributed by atoms with Crippen LogP contribution in [0.1, 0.15) is 20.4 Å². The van der Waals surface area contributed by atoms with Gasteiger partial charge in [-0.1, -0.05) is 23.4 Å². The number of hydrogen-bond donors (Lipinski definition) is 2. The lowest BCUT2D eigenvalue weighted by molar-refractivity contribution is -0.384. The molecule has 2 heterocycles. The largest absolute Gasteiger partial charge is 0.350 e. The molecular formula is C16H13N5O5S. The summed E-state index contributed by atoms with van der Waals surface area (Å²) >= 11 is 1.32. The van der Waals surface area contributed by atoms with Crippen LogP contribution in [0.3, 0.4) is 0 Å². The van der Waals surface area contributed by atoms with E-state index in [0.717, 1.165) is 0 Å². The van der Waals surface area contributed by atoms with Crippen LogP contribution in [0.25, 0.3) is 11.4 Å². The average molecular weight is 387 g/mol. The zero-order chi connectivity index (χ0) is 19.2. The number of nitrogens with zero attached hydrogens (tertiary/aromatic N) is 3. The summed E-state index contributed by atoms with van der Waals surface area (Å²) in [6, 6.07) is 9.15. The smallest absolute Gasteiger partial charge is 0.316 e. The molecule has 2 amide bonds. The van der Waals surface area contributed by atoms with Gasteiger partial charge in [0.05, 0.1) is 9.80 Å². The summed E-state index contributed by atoms with van der Waals surface area (Å²) in [5.41, 5.74) is 0.236. The molecule has 2 aromatic heterocycles. The van der Waals surface area contributed by atoms with Crippen molar-refractivity contribution in [2.75, 3.05) is 13.1 Å². The normalized spacial score (nSPS) is 10.4. The Morgan fingerprint density at radius 2 is 1.93 bits per heavy atom. The summed E-state index contributed by atoms with van der Waals surface area (Å²) in [5.74, 6) is -1.04. The highest BCUT2D eigenvalue weighted by molar-refractivity contribution is 7.12. The molecule has 0 aliphatic carbocycles. The predicted octanol–water partition coefficient (Wildman–Crippen LogP) is 1.87. The van der Waals surface area contributed by atoms with Crippen molar-refractivity contribution in [3.8, 4) is 11.4 Å². The van der Waals surface area contributed by atoms with Crippen LogP contribution in [0.15, 0.2) is 46.3 Å². The summed E-state index contributed by atoms with van der Waals surface area (Å²) in [4.78, 5) is 38.6. The van der Waals surface area contributed by atoms with Gasteiger partial charge in [0.2, 0.25) is 5.82 Å². The minimum atomic E-state index is -0.607. The standard InChI is InChI=1S/C16H13N5O5S/c22-14(12-5-2-8-27-12)17-6-7-18-15(23)16-19-13(20-26-16)10-3-1-4-11(9-10)21(24)25/h1-5,8-9H,6-7H2,(H,17,22)(H,18,23). The van der Waals surface area contributed by atoms with E-state index in [0.29, 0.717) is 10.4 Å². The van der Waals surface area contributed by atoms with Crippen molar-refractivity contribution in [3.63, 3.8) is 0 Å². The third-order valence-electron chi connectivity index (χ3n) is 3.38. The molecule has 3 aromatic rings. The summed E-state index contributed by atoms with van der Waals surface area (Å²) < 4.78 is 4.89. The molecule has 0 bridgehead atoms. The fourth-order valence-corrected chi connectivity index (χ4v) is 2.75. The highest BCUT2D eigenvalue weighted by atomic mass is 32.1. The number of non-ortho nitro benzene ring substituents is 1. The van der Waals surface area contributed by atoms with Crippen molar-refractivity contribution in [1.82, 2.24) is 20.8 Å². The van der Waals surface area contributed by atoms with Crippen molar-refractivity contribution in [2.24, 2.45) is 0 Å². The van der Waals surface area contributed by atoms with Crippen molar-refractivity contribution < 1.29 is 19.0 Å². The third kappa shape index (κ3) is 4.52. The number of amides is 2. The van der Waals surface area contributed by atoms with E-state index in [1.54, 1.807) is 23.6 Å². The molecule has 10 nitrogen and oxygen atoms in total. The zero-order valence-corrected chi connectivity index (χ0v) is 14.6. The van der Waals surface area contributed by atoms with Crippen LogP contribution in [-0.2, 0) is 0 Å². The van der Waals surface area contributed by atoms with Gasteiger partial charge in [-0.3, -0.25) is 19.7 Å². The molecule has 0 aliphatic heterocycles. The molecule has 0 unspecified atom stereocenters. The molecular weight excluding hydrogens is 374 g/mol. The van der Waals surface area contributed by atoms with Crippen LogP contribution in [-0.4, -0.2) is 40.0 Å². The van der Waals surface area contributed by atoms with Crippen LogP contribution < -0.4 is 10.6 Å². The molecule has 2 N–H and O–H groups in total. The molecule has 0 saturated heterocycles. The second kappa shape index (κ2) is 8.19. The Morgan fingerprint density at radius 1 is 1.15 bits per heavy atom. The SMILES string of the molecule is O=C(NCCNC(=O)c1cccs1)c1nc(-c2cccc([N+](=O)[O-])c2)no1. The van der Waals surface area contributed by atoms with Crippen molar-refractivity contribution in [1.29, 1.82) is 0 Å². The first-order valence-electron chi connectivity index (χ1n) is 7.73. The monoisotopic (exact) mass is 387 g/mol. The second-order valence-electron chi connectivity index (χ2n) is 5.22. The van der Waals surface area contributed by atoms with Crippen molar-refractivity contribution in [3.05, 3.63) is 62.7 Å². The number of benzene rings is 1. The van der Waals surface area contributed by atoms with Crippen LogP contribution in [0, 0.1) is 10.1 Å². The Labute approximate surface area is 156 Å². The fraction of sp³-hybridized carbons (Fsp3) is 0.125. The molecule has 0 saturated carbocycles. The molecule has 0 aliphatic rings. The van der Waals surface area contributed by atoms with E-state index >= 15 is 0 Å². The first-order valence-corrected chi connectivity index (χ1v) is 8.61. The lowest BCUT2D eigenvalue weighted by Crippen LogP contribution is -2.34. The fourth-order valence-electron chi connectivity index (χ4n) is 2.11. The van der Waals surface area contributed by atoms with Crippen LogP contribution in [0.4, 0.5) is 5.69 Å². The van der Waals surface area contributed by atoms with Crippen LogP contribution in [0.5, 0.6) is 0 Å². The molecule has 1 aromatic carbocycles. The van der Waals surface area contributed by atoms with Crippen molar-refractivity contribution in [2.45, 2.75) is 0 Å². The van der Waals surface area contributed by atoms with Gasteiger partial charge in [0, 0.05) is 30.8 Å². The number of carbonyl (C=O) groups excluding carboxylic acids is 2. The number of nitro groups is 1. The van der Waals surface area contributed by atoms with Crippen LogP contribution >= 0.6 is 11.3 Å². The van der Waals surface area contributed by atoms with E-state index in [1.807, 2.05) is 0 Å². The number of nitrogens with one attached hydrogen (secondary N) is 2. The summed E-state index contributed by atoms with van der Waals surface area (Å²) in [5, 5.41) is 21.5. The maximum absolute atomic E-state index is 12.0. The van der Waals surface area contributed by atoms with Gasteiger partial charge in [0.25, 0.3) is 11.6 Å². The van der Waals surface area contributed by atoms with Gasteiger partial charge in [-0.25, -0.2) is 0 Å².